The first-order valence-electron chi connectivity index (χ1n) is 5.11. The van der Waals surface area contributed by atoms with Crippen LogP contribution in [0.5, 0.6) is 5.88 Å². The van der Waals surface area contributed by atoms with Crippen molar-refractivity contribution in [1.29, 1.82) is 0 Å². The molecule has 0 radical (unpaired) electrons. The van der Waals surface area contributed by atoms with E-state index in [2.05, 4.69) is 38.5 Å². The second-order valence-corrected chi connectivity index (χ2v) is 4.82. The number of nitrogens with two attached hydrogens (primary N) is 1. The number of hydrogen-bond donors (Lipinski definition) is 2. The van der Waals surface area contributed by atoms with Crippen LogP contribution in [0.25, 0.3) is 0 Å². The van der Waals surface area contributed by atoms with Crippen molar-refractivity contribution >= 4 is 34.5 Å². The molecular weight excluding hydrogens is 314 g/mol. The molecule has 2 N–H and O–H groups in total. The lowest BCUT2D eigenvalue weighted by Gasteiger charge is -1.99. The number of methoxy groups -OCH3 is 1. The Kier molecular flexibility index (Phi) is 5.94. The molecule has 2 rings (SSSR count). The number of nitrogen functional groups attached to an aromatic ring is 1. The molecule has 1 aromatic carbocycles. The van der Waals surface area contributed by atoms with Crippen molar-refractivity contribution in [1.82, 2.24) is 9.97 Å². The number of aromatic nitrogens is 2. The third-order valence-electron chi connectivity index (χ3n) is 1.88. The van der Waals surface area contributed by atoms with Crippen LogP contribution in [0, 0.1) is 6.92 Å². The second-order valence-electron chi connectivity index (χ2n) is 3.39. The van der Waals surface area contributed by atoms with Gasteiger partial charge < -0.3 is 10.5 Å². The fraction of sp³-hybridized carbons (Fsp3) is 0.167. The van der Waals surface area contributed by atoms with E-state index in [1.807, 2.05) is 31.2 Å². The molecule has 4 nitrogen and oxygen atoms in total. The van der Waals surface area contributed by atoms with Crippen molar-refractivity contribution in [2.45, 2.75) is 11.8 Å². The molecule has 0 amide bonds. The molecule has 0 unspecified atom stereocenters. The summed E-state index contributed by atoms with van der Waals surface area (Å²) < 4.78 is 5.94. The van der Waals surface area contributed by atoms with Crippen molar-refractivity contribution < 1.29 is 4.74 Å². The number of anilines is 1. The maximum atomic E-state index is 5.33. The molecule has 1 heterocycles. The molecule has 0 aliphatic heterocycles. The Morgan fingerprint density at radius 1 is 1.22 bits per heavy atom. The summed E-state index contributed by atoms with van der Waals surface area (Å²) in [7, 11) is 1.54. The van der Waals surface area contributed by atoms with Crippen molar-refractivity contribution in [2.75, 3.05) is 12.8 Å². The minimum Gasteiger partial charge on any atom is -0.481 e. The predicted octanol–water partition coefficient (Wildman–Crippen LogP) is 3.11. The lowest BCUT2D eigenvalue weighted by atomic mass is 10.4. The number of rotatable bonds is 1. The highest BCUT2D eigenvalue weighted by molar-refractivity contribution is 9.10. The van der Waals surface area contributed by atoms with E-state index in [1.54, 1.807) is 13.2 Å². The highest BCUT2D eigenvalue weighted by atomic mass is 79.9. The van der Waals surface area contributed by atoms with E-state index in [1.165, 1.54) is 0 Å². The summed E-state index contributed by atoms with van der Waals surface area (Å²) in [5.41, 5.74) is 6.14. The molecule has 0 aliphatic carbocycles. The lowest BCUT2D eigenvalue weighted by Crippen LogP contribution is -1.98. The van der Waals surface area contributed by atoms with Crippen LogP contribution >= 0.6 is 28.6 Å². The van der Waals surface area contributed by atoms with E-state index in [4.69, 9.17) is 10.5 Å². The average Bonchev–Trinajstić information content (AvgIpc) is 2.32. The van der Waals surface area contributed by atoms with E-state index in [-0.39, 0.29) is 5.95 Å². The summed E-state index contributed by atoms with van der Waals surface area (Å²) in [4.78, 5) is 8.66. The zero-order valence-electron chi connectivity index (χ0n) is 10.1. The highest BCUT2D eigenvalue weighted by Crippen LogP contribution is 2.12. The maximum Gasteiger partial charge on any atom is 0.223 e. The van der Waals surface area contributed by atoms with Gasteiger partial charge in [0.15, 0.2) is 0 Å². The van der Waals surface area contributed by atoms with Gasteiger partial charge in [0.2, 0.25) is 11.8 Å². The highest BCUT2D eigenvalue weighted by Gasteiger charge is 1.96. The third-order valence-corrected chi connectivity index (χ3v) is 2.71. The van der Waals surface area contributed by atoms with Gasteiger partial charge in [0.1, 0.15) is 0 Å². The first kappa shape index (κ1) is 14.8. The summed E-state index contributed by atoms with van der Waals surface area (Å²) in [6, 6.07) is 9.52. The Morgan fingerprint density at radius 3 is 2.28 bits per heavy atom. The maximum absolute atomic E-state index is 5.33. The summed E-state index contributed by atoms with van der Waals surface area (Å²) in [5, 5.41) is 0. The number of halogens is 1. The number of hydrogen-bond acceptors (Lipinski definition) is 5. The molecule has 0 saturated carbocycles. The summed E-state index contributed by atoms with van der Waals surface area (Å²) in [6.07, 6.45) is 0. The van der Waals surface area contributed by atoms with Gasteiger partial charge in [-0.25, -0.2) is 4.98 Å². The standard InChI is InChI=1S/C6H5BrS.C6H9N3O/c7-5-1-3-6(8)4-2-5;1-4-3-5(10-2)9-6(7)8-4/h1-4,8H;3H,1-2H3,(H2,7,8,9). The molecule has 2 aromatic rings. The average molecular weight is 328 g/mol. The zero-order valence-corrected chi connectivity index (χ0v) is 12.6. The fourth-order valence-corrected chi connectivity index (χ4v) is 1.52. The van der Waals surface area contributed by atoms with Crippen LogP contribution in [0.3, 0.4) is 0 Å². The molecule has 1 aromatic heterocycles. The molecule has 0 saturated heterocycles. The largest absolute Gasteiger partial charge is 0.481 e. The normalized spacial score (nSPS) is 9.33. The van der Waals surface area contributed by atoms with Crippen LogP contribution in [0.1, 0.15) is 5.69 Å². The number of aryl methyl sites for hydroxylation is 1. The summed E-state index contributed by atoms with van der Waals surface area (Å²) >= 11 is 7.42. The van der Waals surface area contributed by atoms with Gasteiger partial charge in [-0.2, -0.15) is 4.98 Å². The molecular formula is C12H14BrN3OS. The van der Waals surface area contributed by atoms with Crippen LogP contribution in [-0.4, -0.2) is 17.1 Å². The smallest absolute Gasteiger partial charge is 0.223 e. The Hall–Kier alpha value is -1.27. The van der Waals surface area contributed by atoms with Gasteiger partial charge in [0.05, 0.1) is 7.11 Å². The van der Waals surface area contributed by atoms with Gasteiger partial charge in [-0.1, -0.05) is 15.9 Å². The third kappa shape index (κ3) is 5.37. The van der Waals surface area contributed by atoms with Crippen LogP contribution in [-0.2, 0) is 0 Å². The van der Waals surface area contributed by atoms with Crippen LogP contribution in [0.4, 0.5) is 5.95 Å². The van der Waals surface area contributed by atoms with Crippen molar-refractivity contribution in [2.24, 2.45) is 0 Å². The number of nitrogens with zero attached hydrogens (tertiary/aromatic N) is 2. The summed E-state index contributed by atoms with van der Waals surface area (Å²) in [6.45, 7) is 1.83. The Labute approximate surface area is 120 Å². The van der Waals surface area contributed by atoms with E-state index >= 15 is 0 Å². The van der Waals surface area contributed by atoms with Gasteiger partial charge in [0, 0.05) is 21.1 Å². The molecule has 0 fully saturated rings. The molecule has 0 bridgehead atoms. The predicted molar refractivity (Wildman–Crippen MR) is 79.1 cm³/mol. The van der Waals surface area contributed by atoms with Crippen LogP contribution in [0.2, 0.25) is 0 Å². The monoisotopic (exact) mass is 327 g/mol. The topological polar surface area (TPSA) is 61.0 Å². The minimum atomic E-state index is 0.247. The Bertz CT molecular complexity index is 464. The first-order valence-corrected chi connectivity index (χ1v) is 6.35. The van der Waals surface area contributed by atoms with E-state index < -0.39 is 0 Å². The van der Waals surface area contributed by atoms with E-state index in [9.17, 15) is 0 Å². The van der Waals surface area contributed by atoms with Crippen molar-refractivity contribution in [3.05, 3.63) is 40.5 Å². The quantitative estimate of drug-likeness (QED) is 0.790. The Morgan fingerprint density at radius 2 is 1.83 bits per heavy atom. The minimum absolute atomic E-state index is 0.247. The lowest BCUT2D eigenvalue weighted by molar-refractivity contribution is 0.397. The van der Waals surface area contributed by atoms with Crippen molar-refractivity contribution in [3.8, 4) is 5.88 Å². The van der Waals surface area contributed by atoms with E-state index in [0.717, 1.165) is 15.1 Å². The zero-order chi connectivity index (χ0) is 13.5. The van der Waals surface area contributed by atoms with Gasteiger partial charge >= 0.3 is 0 Å². The molecule has 0 atom stereocenters. The SMILES string of the molecule is COc1cc(C)nc(N)n1.Sc1ccc(Br)cc1. The van der Waals surface area contributed by atoms with Gasteiger partial charge in [-0.05, 0) is 31.2 Å². The molecule has 0 aliphatic rings. The van der Waals surface area contributed by atoms with Crippen LogP contribution in [0.15, 0.2) is 39.7 Å². The second kappa shape index (κ2) is 7.23. The summed E-state index contributed by atoms with van der Waals surface area (Å²) in [5.74, 6) is 0.752. The fourth-order valence-electron chi connectivity index (χ4n) is 1.11. The van der Waals surface area contributed by atoms with Gasteiger partial charge in [-0.15, -0.1) is 12.6 Å². The number of benzene rings is 1. The molecule has 0 spiro atoms. The van der Waals surface area contributed by atoms with E-state index in [0.29, 0.717) is 5.88 Å². The number of thiol groups is 1. The number of ether oxygens (including phenoxy) is 1. The van der Waals surface area contributed by atoms with Gasteiger partial charge in [0.25, 0.3) is 0 Å². The van der Waals surface area contributed by atoms with Crippen LogP contribution < -0.4 is 10.5 Å². The molecule has 96 valence electrons. The van der Waals surface area contributed by atoms with Crippen molar-refractivity contribution in [3.63, 3.8) is 0 Å². The van der Waals surface area contributed by atoms with Gasteiger partial charge in [-0.3, -0.25) is 0 Å². The Balaban J connectivity index is 0.000000184. The molecule has 6 heteroatoms. The first-order chi connectivity index (χ1) is 8.51. The molecule has 18 heavy (non-hydrogen) atoms.